The Morgan fingerprint density at radius 3 is 2.87 bits per heavy atom. The van der Waals surface area contributed by atoms with E-state index in [0.717, 1.165) is 29.3 Å². The van der Waals surface area contributed by atoms with E-state index < -0.39 is 0 Å². The molecule has 1 atom stereocenters. The molecule has 1 unspecified atom stereocenters. The lowest BCUT2D eigenvalue weighted by atomic mass is 10.2. The van der Waals surface area contributed by atoms with E-state index in [4.69, 9.17) is 4.74 Å². The summed E-state index contributed by atoms with van der Waals surface area (Å²) in [7, 11) is 0. The zero-order valence-electron chi connectivity index (χ0n) is 13.5. The number of nitrogens with zero attached hydrogens (tertiary/aromatic N) is 2. The van der Waals surface area contributed by atoms with Crippen molar-refractivity contribution in [2.45, 2.75) is 26.3 Å². The van der Waals surface area contributed by atoms with Crippen molar-refractivity contribution in [3.8, 4) is 5.69 Å². The van der Waals surface area contributed by atoms with Crippen molar-refractivity contribution < 1.29 is 9.53 Å². The molecule has 1 aromatic heterocycles. The van der Waals surface area contributed by atoms with Crippen LogP contribution in [0.5, 0.6) is 0 Å². The minimum absolute atomic E-state index is 0.0215. The smallest absolute Gasteiger partial charge is 0.226 e. The number of para-hydroxylation sites is 1. The molecule has 1 aliphatic heterocycles. The van der Waals surface area contributed by atoms with Gasteiger partial charge in [-0.05, 0) is 26.0 Å². The van der Waals surface area contributed by atoms with Gasteiger partial charge in [0.1, 0.15) is 0 Å². The van der Waals surface area contributed by atoms with Crippen LogP contribution in [0.15, 0.2) is 30.3 Å². The van der Waals surface area contributed by atoms with Gasteiger partial charge in [0.05, 0.1) is 36.0 Å². The molecule has 1 aromatic carbocycles. The summed E-state index contributed by atoms with van der Waals surface area (Å²) in [6.45, 7) is 5.95. The number of hydrogen-bond donors (Lipinski definition) is 2. The highest BCUT2D eigenvalue weighted by atomic mass is 16.5. The number of aryl methyl sites for hydroxylation is 1. The number of amides is 1. The van der Waals surface area contributed by atoms with E-state index in [1.54, 1.807) is 0 Å². The first kappa shape index (κ1) is 15.7. The van der Waals surface area contributed by atoms with Gasteiger partial charge in [0, 0.05) is 19.0 Å². The minimum Gasteiger partial charge on any atom is -0.378 e. The standard InChI is InChI=1S/C17H22N4O2/c1-12-17(19-16(22)10-14-11-23-9-8-18-14)13(2)21(20-12)15-6-4-3-5-7-15/h3-7,14,18H,8-11H2,1-2H3,(H,19,22). The van der Waals surface area contributed by atoms with Gasteiger partial charge in [0.25, 0.3) is 0 Å². The molecule has 1 fully saturated rings. The zero-order chi connectivity index (χ0) is 16.2. The molecule has 122 valence electrons. The summed E-state index contributed by atoms with van der Waals surface area (Å²) in [5.41, 5.74) is 3.51. The van der Waals surface area contributed by atoms with Crippen LogP contribution in [0.4, 0.5) is 5.69 Å². The van der Waals surface area contributed by atoms with Crippen LogP contribution in [0.2, 0.25) is 0 Å². The largest absolute Gasteiger partial charge is 0.378 e. The Labute approximate surface area is 135 Å². The van der Waals surface area contributed by atoms with Gasteiger partial charge in [-0.3, -0.25) is 4.79 Å². The van der Waals surface area contributed by atoms with Crippen molar-refractivity contribution in [3.05, 3.63) is 41.7 Å². The van der Waals surface area contributed by atoms with Gasteiger partial charge in [-0.25, -0.2) is 4.68 Å². The van der Waals surface area contributed by atoms with Crippen molar-refractivity contribution >= 4 is 11.6 Å². The molecule has 0 aliphatic carbocycles. The highest BCUT2D eigenvalue weighted by Gasteiger charge is 2.19. The fraction of sp³-hybridized carbons (Fsp3) is 0.412. The second-order valence-electron chi connectivity index (χ2n) is 5.77. The maximum absolute atomic E-state index is 12.3. The number of hydrogen-bond acceptors (Lipinski definition) is 4. The molecule has 0 saturated carbocycles. The van der Waals surface area contributed by atoms with Crippen LogP contribution >= 0.6 is 0 Å². The Hall–Kier alpha value is -2.18. The third-order valence-corrected chi connectivity index (χ3v) is 3.99. The summed E-state index contributed by atoms with van der Waals surface area (Å²) < 4.78 is 7.24. The van der Waals surface area contributed by atoms with Gasteiger partial charge < -0.3 is 15.4 Å². The lowest BCUT2D eigenvalue weighted by Crippen LogP contribution is -2.43. The number of carbonyl (C=O) groups excluding carboxylic acids is 1. The summed E-state index contributed by atoms with van der Waals surface area (Å²) in [5.74, 6) is -0.0215. The van der Waals surface area contributed by atoms with Gasteiger partial charge in [-0.2, -0.15) is 5.10 Å². The average Bonchev–Trinajstić information content (AvgIpc) is 2.85. The summed E-state index contributed by atoms with van der Waals surface area (Å²) in [4.78, 5) is 12.3. The first-order chi connectivity index (χ1) is 11.1. The average molecular weight is 314 g/mol. The molecule has 1 amide bonds. The van der Waals surface area contributed by atoms with Gasteiger partial charge in [0.15, 0.2) is 0 Å². The minimum atomic E-state index is -0.0215. The van der Waals surface area contributed by atoms with Crippen molar-refractivity contribution in [1.82, 2.24) is 15.1 Å². The molecule has 3 rings (SSSR count). The monoisotopic (exact) mass is 314 g/mol. The number of rotatable bonds is 4. The van der Waals surface area contributed by atoms with Crippen LogP contribution in [0.1, 0.15) is 17.8 Å². The number of nitrogens with one attached hydrogen (secondary N) is 2. The second kappa shape index (κ2) is 6.93. The van der Waals surface area contributed by atoms with Gasteiger partial charge in [-0.1, -0.05) is 18.2 Å². The Kier molecular flexibility index (Phi) is 4.73. The predicted molar refractivity (Wildman–Crippen MR) is 88.9 cm³/mol. The van der Waals surface area contributed by atoms with Gasteiger partial charge >= 0.3 is 0 Å². The number of ether oxygens (including phenoxy) is 1. The number of aromatic nitrogens is 2. The fourth-order valence-electron chi connectivity index (χ4n) is 2.81. The summed E-state index contributed by atoms with van der Waals surface area (Å²) in [6.07, 6.45) is 0.398. The SMILES string of the molecule is Cc1nn(-c2ccccc2)c(C)c1NC(=O)CC1COCCN1. The van der Waals surface area contributed by atoms with E-state index in [9.17, 15) is 4.79 Å². The Morgan fingerprint density at radius 2 is 2.17 bits per heavy atom. The van der Waals surface area contributed by atoms with E-state index in [-0.39, 0.29) is 11.9 Å². The summed E-state index contributed by atoms with van der Waals surface area (Å²) in [6, 6.07) is 9.98. The van der Waals surface area contributed by atoms with Crippen molar-refractivity contribution in [3.63, 3.8) is 0 Å². The van der Waals surface area contributed by atoms with Crippen molar-refractivity contribution in [2.75, 3.05) is 25.1 Å². The summed E-state index contributed by atoms with van der Waals surface area (Å²) in [5, 5.41) is 10.8. The van der Waals surface area contributed by atoms with Crippen LogP contribution in [-0.4, -0.2) is 41.5 Å². The molecule has 2 heterocycles. The predicted octanol–water partition coefficient (Wildman–Crippen LogP) is 1.81. The molecule has 6 heteroatoms. The number of carbonyl (C=O) groups is 1. The topological polar surface area (TPSA) is 68.2 Å². The molecule has 6 nitrogen and oxygen atoms in total. The normalized spacial score (nSPS) is 17.9. The molecule has 2 N–H and O–H groups in total. The Balaban J connectivity index is 1.73. The van der Waals surface area contributed by atoms with Crippen LogP contribution in [0.25, 0.3) is 5.69 Å². The first-order valence-electron chi connectivity index (χ1n) is 7.88. The Bertz CT molecular complexity index is 675. The van der Waals surface area contributed by atoms with E-state index in [2.05, 4.69) is 15.7 Å². The molecule has 23 heavy (non-hydrogen) atoms. The van der Waals surface area contributed by atoms with Gasteiger partial charge in [-0.15, -0.1) is 0 Å². The van der Waals surface area contributed by atoms with Crippen LogP contribution < -0.4 is 10.6 Å². The lowest BCUT2D eigenvalue weighted by molar-refractivity contribution is -0.117. The second-order valence-corrected chi connectivity index (χ2v) is 5.77. The molecule has 1 aliphatic rings. The molecule has 1 saturated heterocycles. The molecular formula is C17H22N4O2. The highest BCUT2D eigenvalue weighted by Crippen LogP contribution is 2.23. The highest BCUT2D eigenvalue weighted by molar-refractivity contribution is 5.92. The molecule has 0 radical (unpaired) electrons. The van der Waals surface area contributed by atoms with E-state index >= 15 is 0 Å². The molecule has 0 spiro atoms. The van der Waals surface area contributed by atoms with Crippen LogP contribution in [-0.2, 0) is 9.53 Å². The van der Waals surface area contributed by atoms with E-state index in [0.29, 0.717) is 19.6 Å². The fourth-order valence-corrected chi connectivity index (χ4v) is 2.81. The van der Waals surface area contributed by atoms with Crippen LogP contribution in [0, 0.1) is 13.8 Å². The lowest BCUT2D eigenvalue weighted by Gasteiger charge is -2.23. The quantitative estimate of drug-likeness (QED) is 0.903. The molecule has 2 aromatic rings. The third-order valence-electron chi connectivity index (χ3n) is 3.99. The molecular weight excluding hydrogens is 292 g/mol. The van der Waals surface area contributed by atoms with E-state index in [1.165, 1.54) is 0 Å². The maximum Gasteiger partial charge on any atom is 0.226 e. The number of benzene rings is 1. The first-order valence-corrected chi connectivity index (χ1v) is 7.88. The van der Waals surface area contributed by atoms with Crippen LogP contribution in [0.3, 0.4) is 0 Å². The third kappa shape index (κ3) is 3.60. The zero-order valence-corrected chi connectivity index (χ0v) is 13.5. The summed E-state index contributed by atoms with van der Waals surface area (Å²) >= 11 is 0. The van der Waals surface area contributed by atoms with E-state index in [1.807, 2.05) is 48.9 Å². The molecule has 0 bridgehead atoms. The Morgan fingerprint density at radius 1 is 1.39 bits per heavy atom. The maximum atomic E-state index is 12.3. The van der Waals surface area contributed by atoms with Gasteiger partial charge in [0.2, 0.25) is 5.91 Å². The number of morpholine rings is 1. The number of anilines is 1. The van der Waals surface area contributed by atoms with Crippen molar-refractivity contribution in [1.29, 1.82) is 0 Å². The van der Waals surface area contributed by atoms with Crippen molar-refractivity contribution in [2.24, 2.45) is 0 Å².